The molecule has 2 N–H and O–H groups in total. The van der Waals surface area contributed by atoms with Crippen LogP contribution in [-0.2, 0) is 31.8 Å². The molecule has 65 heavy (non-hydrogen) atoms. The Kier molecular flexibility index (Phi) is 12.1. The van der Waals surface area contributed by atoms with E-state index in [1.54, 1.807) is 24.3 Å². The average molecular weight is 921 g/mol. The van der Waals surface area contributed by atoms with Crippen molar-refractivity contribution in [3.8, 4) is 11.8 Å². The van der Waals surface area contributed by atoms with Crippen molar-refractivity contribution in [3.05, 3.63) is 111 Å². The van der Waals surface area contributed by atoms with Crippen molar-refractivity contribution in [3.63, 3.8) is 0 Å². The molecule has 0 bridgehead atoms. The van der Waals surface area contributed by atoms with Crippen molar-refractivity contribution in [2.75, 3.05) is 62.0 Å². The predicted octanol–water partition coefficient (Wildman–Crippen LogP) is 3.94. The summed E-state index contributed by atoms with van der Waals surface area (Å²) in [6.07, 6.45) is 3.65. The molecule has 0 spiro atoms. The van der Waals surface area contributed by atoms with Crippen LogP contribution in [-0.4, -0.2) is 132 Å². The van der Waals surface area contributed by atoms with Gasteiger partial charge in [-0.05, 0) is 85.0 Å². The number of ether oxygens (including phenoxy) is 1. The van der Waals surface area contributed by atoms with E-state index in [0.717, 1.165) is 60.7 Å². The van der Waals surface area contributed by atoms with E-state index in [9.17, 15) is 32.9 Å². The van der Waals surface area contributed by atoms with E-state index < -0.39 is 45.3 Å². The molecule has 1 atom stereocenters. The van der Waals surface area contributed by atoms with Gasteiger partial charge in [-0.3, -0.25) is 39.2 Å². The number of aromatic nitrogens is 2. The zero-order valence-corrected chi connectivity index (χ0v) is 37.6. The Morgan fingerprint density at radius 3 is 2.26 bits per heavy atom. The van der Waals surface area contributed by atoms with Crippen LogP contribution in [0.1, 0.15) is 82.6 Å². The van der Waals surface area contributed by atoms with Gasteiger partial charge in [0.2, 0.25) is 17.8 Å². The molecule has 338 valence electrons. The Morgan fingerprint density at radius 1 is 0.846 bits per heavy atom. The fourth-order valence-corrected chi connectivity index (χ4v) is 10.8. The molecule has 17 nitrogen and oxygen atoms in total. The van der Waals surface area contributed by atoms with Crippen LogP contribution < -0.4 is 19.7 Å². The van der Waals surface area contributed by atoms with Gasteiger partial charge in [-0.15, -0.1) is 0 Å². The quantitative estimate of drug-likeness (QED) is 0.194. The van der Waals surface area contributed by atoms with Gasteiger partial charge >= 0.3 is 10.2 Å². The molecule has 4 fully saturated rings. The first-order valence-corrected chi connectivity index (χ1v) is 23.6. The van der Waals surface area contributed by atoms with Crippen LogP contribution in [0.2, 0.25) is 5.02 Å². The predicted molar refractivity (Wildman–Crippen MR) is 240 cm³/mol. The Labute approximate surface area is 382 Å². The van der Waals surface area contributed by atoms with E-state index in [0.29, 0.717) is 60.3 Å². The summed E-state index contributed by atoms with van der Waals surface area (Å²) in [7, 11) is -3.90. The van der Waals surface area contributed by atoms with E-state index in [-0.39, 0.29) is 36.5 Å². The van der Waals surface area contributed by atoms with Crippen molar-refractivity contribution in [2.45, 2.75) is 69.7 Å². The average Bonchev–Trinajstić information content (AvgIpc) is 3.53. The summed E-state index contributed by atoms with van der Waals surface area (Å²) >= 11 is 6.28. The number of carbonyl (C=O) groups excluding carboxylic acids is 4. The summed E-state index contributed by atoms with van der Waals surface area (Å²) in [6.45, 7) is 9.60. The summed E-state index contributed by atoms with van der Waals surface area (Å²) in [4.78, 5) is 67.2. The number of rotatable bonds is 12. The molecule has 5 aliphatic heterocycles. The lowest BCUT2D eigenvalue weighted by molar-refractivity contribution is -0.136. The van der Waals surface area contributed by atoms with Gasteiger partial charge in [0.1, 0.15) is 18.4 Å². The van der Waals surface area contributed by atoms with Crippen LogP contribution in [0.5, 0.6) is 5.75 Å². The van der Waals surface area contributed by atoms with Gasteiger partial charge in [-0.2, -0.15) is 18.0 Å². The number of nitriles is 1. The molecule has 4 saturated heterocycles. The van der Waals surface area contributed by atoms with Gasteiger partial charge in [0.15, 0.2) is 0 Å². The van der Waals surface area contributed by atoms with Gasteiger partial charge in [-0.1, -0.05) is 37.6 Å². The van der Waals surface area contributed by atoms with Crippen molar-refractivity contribution < 1.29 is 32.3 Å². The second-order valence-corrected chi connectivity index (χ2v) is 19.8. The van der Waals surface area contributed by atoms with Crippen LogP contribution in [0.15, 0.2) is 72.9 Å². The zero-order valence-electron chi connectivity index (χ0n) is 36.1. The summed E-state index contributed by atoms with van der Waals surface area (Å²) < 4.78 is 36.9. The standard InChI is InChI=1S/C46H49ClN10O7S/c1-46(2,31-21-29(25-48)22-32(47)23-31)30-3-6-37(7-4-30)64-28-33-11-14-49-45(50-33)52-65(62,63)56-19-17-54(18-20-56)34-12-15-53(16-13-34)36-26-55(27-36)35-5-8-38-39(24-35)44(61)57(43(38)60)40-9-10-41(58)51-42(40)59/h3-8,11,14,21-24,34,36,40H,9-10,12-13,15-20,26-28H2,1-2H3,(H,49,50,52)(H,51,58,59). The highest BCUT2D eigenvalue weighted by molar-refractivity contribution is 7.90. The number of hydrogen-bond acceptors (Lipinski definition) is 13. The Balaban J connectivity index is 0.711. The first kappa shape index (κ1) is 44.2. The first-order chi connectivity index (χ1) is 31.2. The van der Waals surface area contributed by atoms with Crippen molar-refractivity contribution in [1.82, 2.24) is 34.3 Å². The van der Waals surface area contributed by atoms with E-state index in [2.05, 4.69) is 54.6 Å². The maximum atomic E-state index is 13.5. The molecule has 0 aliphatic carbocycles. The summed E-state index contributed by atoms with van der Waals surface area (Å²) in [5.41, 5.74) is 3.93. The van der Waals surface area contributed by atoms with E-state index in [1.165, 1.54) is 10.5 Å². The highest BCUT2D eigenvalue weighted by atomic mass is 35.5. The molecule has 0 saturated carbocycles. The van der Waals surface area contributed by atoms with Gasteiger partial charge < -0.3 is 9.64 Å². The number of likely N-dealkylation sites (tertiary alicyclic amines) is 1. The van der Waals surface area contributed by atoms with Crippen molar-refractivity contribution in [2.24, 2.45) is 0 Å². The monoisotopic (exact) mass is 920 g/mol. The molecule has 9 rings (SSSR count). The topological polar surface area (TPSA) is 201 Å². The second kappa shape index (κ2) is 17.8. The number of piperazine rings is 1. The fraction of sp³-hybridized carbons (Fsp3) is 0.413. The van der Waals surface area contributed by atoms with E-state index >= 15 is 0 Å². The minimum absolute atomic E-state index is 0.0259. The fourth-order valence-electron chi connectivity index (χ4n) is 9.49. The molecule has 19 heteroatoms. The molecule has 6 heterocycles. The lowest BCUT2D eigenvalue weighted by Gasteiger charge is -2.50. The Bertz CT molecular complexity index is 2690. The number of carbonyl (C=O) groups is 4. The van der Waals surface area contributed by atoms with E-state index in [4.69, 9.17) is 16.3 Å². The summed E-state index contributed by atoms with van der Waals surface area (Å²) in [5, 5.41) is 12.1. The molecule has 5 aliphatic rings. The second-order valence-electron chi connectivity index (χ2n) is 17.7. The number of fused-ring (bicyclic) bond motifs is 1. The van der Waals surface area contributed by atoms with E-state index in [1.807, 2.05) is 42.5 Å². The van der Waals surface area contributed by atoms with Gasteiger partial charge in [0.05, 0.1) is 28.5 Å². The number of anilines is 2. The highest BCUT2D eigenvalue weighted by Crippen LogP contribution is 2.36. The van der Waals surface area contributed by atoms with Crippen LogP contribution in [0, 0.1) is 11.3 Å². The Morgan fingerprint density at radius 2 is 1.55 bits per heavy atom. The molecular formula is C46H49ClN10O7S. The SMILES string of the molecule is CC(C)(c1ccc(OCc2ccnc(NS(=O)(=O)N3CCN(C4CCN(C5CN(c6ccc7c(c6)C(=O)N(C6CCC(=O)NC6=O)C7=O)C5)CC4)CC3)n2)cc1)c1cc(Cl)cc(C#N)c1. The molecule has 4 aromatic rings. The van der Waals surface area contributed by atoms with Gasteiger partial charge in [-0.25, -0.2) is 14.7 Å². The number of imide groups is 2. The van der Waals surface area contributed by atoms with Gasteiger partial charge in [0.25, 0.3) is 11.8 Å². The highest BCUT2D eigenvalue weighted by Gasteiger charge is 2.45. The summed E-state index contributed by atoms with van der Waals surface area (Å²) in [6, 6.07) is 21.8. The van der Waals surface area contributed by atoms with Crippen LogP contribution in [0.3, 0.4) is 0 Å². The normalized spacial score (nSPS) is 20.6. The number of nitrogens with zero attached hydrogens (tertiary/aromatic N) is 8. The maximum absolute atomic E-state index is 13.5. The number of hydrogen-bond donors (Lipinski definition) is 2. The molecule has 1 unspecified atom stereocenters. The third-order valence-corrected chi connectivity index (χ3v) is 15.1. The minimum atomic E-state index is -3.90. The number of benzene rings is 3. The number of amides is 4. The van der Waals surface area contributed by atoms with Crippen molar-refractivity contribution in [1.29, 1.82) is 5.26 Å². The first-order valence-electron chi connectivity index (χ1n) is 21.8. The van der Waals surface area contributed by atoms with Gasteiger partial charge in [0, 0.05) is 93.2 Å². The third kappa shape index (κ3) is 9.03. The molecule has 0 radical (unpaired) electrons. The zero-order chi connectivity index (χ0) is 45.6. The molecular weight excluding hydrogens is 872 g/mol. The number of nitrogens with one attached hydrogen (secondary N) is 2. The number of piperidine rings is 2. The summed E-state index contributed by atoms with van der Waals surface area (Å²) in [5.74, 6) is -1.46. The lowest BCUT2D eigenvalue weighted by Crippen LogP contribution is -2.62. The van der Waals surface area contributed by atoms with Crippen LogP contribution >= 0.6 is 11.6 Å². The van der Waals surface area contributed by atoms with Crippen LogP contribution in [0.4, 0.5) is 11.6 Å². The molecule has 4 amide bonds. The molecule has 1 aromatic heterocycles. The smallest absolute Gasteiger partial charge is 0.304 e. The molecule has 3 aromatic carbocycles. The lowest BCUT2D eigenvalue weighted by atomic mass is 9.78. The minimum Gasteiger partial charge on any atom is -0.487 e. The van der Waals surface area contributed by atoms with Crippen molar-refractivity contribution >= 4 is 57.1 Å². The largest absolute Gasteiger partial charge is 0.487 e. The Hall–Kier alpha value is -5.97. The number of halogens is 1. The van der Waals surface area contributed by atoms with Crippen LogP contribution in [0.25, 0.3) is 0 Å². The maximum Gasteiger partial charge on any atom is 0.304 e. The third-order valence-electron chi connectivity index (χ3n) is 13.4.